The number of rotatable bonds is 3. The van der Waals surface area contributed by atoms with Crippen LogP contribution in [-0.4, -0.2) is 23.2 Å². The molecule has 16 heavy (non-hydrogen) atoms. The van der Waals surface area contributed by atoms with Gasteiger partial charge in [-0.05, 0) is 12.1 Å². The Hall–Kier alpha value is -1.79. The van der Waals surface area contributed by atoms with Gasteiger partial charge in [0.15, 0.2) is 5.69 Å². The standard InChI is InChI=1S/C9H8F3NO3/c1-16-6-3-2-5(4-7(14)15)13-8(6)9(10,11)12/h2-3H,4H2,1H3,(H,14,15). The molecule has 0 aliphatic rings. The fourth-order valence-electron chi connectivity index (χ4n) is 1.11. The minimum absolute atomic E-state index is 0.166. The van der Waals surface area contributed by atoms with Crippen molar-refractivity contribution >= 4 is 5.97 Å². The molecular formula is C9H8F3NO3. The van der Waals surface area contributed by atoms with Crippen molar-refractivity contribution in [2.75, 3.05) is 7.11 Å². The van der Waals surface area contributed by atoms with Crippen molar-refractivity contribution in [3.63, 3.8) is 0 Å². The number of aromatic nitrogens is 1. The van der Waals surface area contributed by atoms with Crippen molar-refractivity contribution in [1.82, 2.24) is 4.98 Å². The molecule has 1 aromatic heterocycles. The van der Waals surface area contributed by atoms with Crippen molar-refractivity contribution in [3.05, 3.63) is 23.5 Å². The molecule has 0 amide bonds. The highest BCUT2D eigenvalue weighted by atomic mass is 19.4. The third kappa shape index (κ3) is 2.85. The summed E-state index contributed by atoms with van der Waals surface area (Å²) in [6, 6.07) is 2.23. The zero-order valence-electron chi connectivity index (χ0n) is 8.21. The lowest BCUT2D eigenvalue weighted by atomic mass is 10.2. The quantitative estimate of drug-likeness (QED) is 0.866. The molecule has 0 saturated carbocycles. The van der Waals surface area contributed by atoms with Crippen molar-refractivity contribution in [1.29, 1.82) is 0 Å². The number of halogens is 3. The van der Waals surface area contributed by atoms with E-state index in [0.717, 1.165) is 13.2 Å². The third-order valence-corrected chi connectivity index (χ3v) is 1.74. The van der Waals surface area contributed by atoms with E-state index in [1.54, 1.807) is 0 Å². The maximum atomic E-state index is 12.5. The fraction of sp³-hybridized carbons (Fsp3) is 0.333. The molecule has 1 heterocycles. The average Bonchev–Trinajstić information content (AvgIpc) is 2.15. The normalized spacial score (nSPS) is 11.2. The van der Waals surface area contributed by atoms with Gasteiger partial charge in [-0.15, -0.1) is 0 Å². The molecule has 0 aliphatic carbocycles. The van der Waals surface area contributed by atoms with Crippen LogP contribution < -0.4 is 4.74 Å². The summed E-state index contributed by atoms with van der Waals surface area (Å²) in [4.78, 5) is 13.6. The number of carboxylic acid groups (broad SMARTS) is 1. The Balaban J connectivity index is 3.16. The molecule has 0 bridgehead atoms. The zero-order chi connectivity index (χ0) is 12.3. The Kier molecular flexibility index (Phi) is 3.36. The smallest absolute Gasteiger partial charge is 0.437 e. The summed E-state index contributed by atoms with van der Waals surface area (Å²) in [6.45, 7) is 0. The summed E-state index contributed by atoms with van der Waals surface area (Å²) in [7, 11) is 1.09. The minimum Gasteiger partial charge on any atom is -0.494 e. The molecule has 0 saturated heterocycles. The second-order valence-electron chi connectivity index (χ2n) is 2.92. The zero-order valence-corrected chi connectivity index (χ0v) is 8.21. The van der Waals surface area contributed by atoms with Crippen LogP contribution in [0.3, 0.4) is 0 Å². The molecule has 7 heteroatoms. The summed E-state index contributed by atoms with van der Waals surface area (Å²) in [5, 5.41) is 8.43. The summed E-state index contributed by atoms with van der Waals surface area (Å²) in [6.07, 6.45) is -5.23. The summed E-state index contributed by atoms with van der Waals surface area (Å²) in [5.74, 6) is -1.67. The van der Waals surface area contributed by atoms with Crippen LogP contribution in [0.5, 0.6) is 5.75 Å². The molecule has 0 aromatic carbocycles. The second-order valence-corrected chi connectivity index (χ2v) is 2.92. The predicted molar refractivity (Wildman–Crippen MR) is 47.1 cm³/mol. The Bertz CT molecular complexity index is 403. The molecule has 1 N–H and O–H groups in total. The maximum Gasteiger partial charge on any atom is 0.437 e. The number of hydrogen-bond donors (Lipinski definition) is 1. The van der Waals surface area contributed by atoms with Crippen molar-refractivity contribution in [2.45, 2.75) is 12.6 Å². The number of alkyl halides is 3. The Morgan fingerprint density at radius 2 is 2.12 bits per heavy atom. The van der Waals surface area contributed by atoms with Gasteiger partial charge in [0.05, 0.1) is 19.2 Å². The molecule has 0 radical (unpaired) electrons. The molecule has 0 fully saturated rings. The van der Waals surface area contributed by atoms with E-state index in [1.807, 2.05) is 0 Å². The van der Waals surface area contributed by atoms with E-state index in [2.05, 4.69) is 9.72 Å². The van der Waals surface area contributed by atoms with Gasteiger partial charge in [0.25, 0.3) is 0 Å². The van der Waals surface area contributed by atoms with Crippen LogP contribution in [0.1, 0.15) is 11.4 Å². The van der Waals surface area contributed by atoms with E-state index in [0.29, 0.717) is 0 Å². The van der Waals surface area contributed by atoms with Crippen LogP contribution in [0.4, 0.5) is 13.2 Å². The largest absolute Gasteiger partial charge is 0.494 e. The summed E-state index contributed by atoms with van der Waals surface area (Å²) < 4.78 is 41.9. The SMILES string of the molecule is COc1ccc(CC(=O)O)nc1C(F)(F)F. The average molecular weight is 235 g/mol. The van der Waals surface area contributed by atoms with Crippen LogP contribution in [0.2, 0.25) is 0 Å². The Morgan fingerprint density at radius 3 is 2.56 bits per heavy atom. The van der Waals surface area contributed by atoms with Gasteiger partial charge in [-0.3, -0.25) is 4.79 Å². The van der Waals surface area contributed by atoms with Crippen LogP contribution in [0, 0.1) is 0 Å². The monoisotopic (exact) mass is 235 g/mol. The van der Waals surface area contributed by atoms with Gasteiger partial charge in [-0.25, -0.2) is 4.98 Å². The highest BCUT2D eigenvalue weighted by Gasteiger charge is 2.36. The lowest BCUT2D eigenvalue weighted by molar-refractivity contribution is -0.143. The lowest BCUT2D eigenvalue weighted by Gasteiger charge is -2.11. The number of carboxylic acids is 1. The van der Waals surface area contributed by atoms with E-state index >= 15 is 0 Å². The van der Waals surface area contributed by atoms with Crippen LogP contribution in [-0.2, 0) is 17.4 Å². The van der Waals surface area contributed by atoms with Crippen LogP contribution >= 0.6 is 0 Å². The molecule has 1 aromatic rings. The highest BCUT2D eigenvalue weighted by Crippen LogP contribution is 2.34. The first-order chi connectivity index (χ1) is 7.34. The van der Waals surface area contributed by atoms with Gasteiger partial charge >= 0.3 is 12.1 Å². The number of aliphatic carboxylic acids is 1. The van der Waals surface area contributed by atoms with Gasteiger partial charge in [0.1, 0.15) is 5.75 Å². The topological polar surface area (TPSA) is 59.4 Å². The third-order valence-electron chi connectivity index (χ3n) is 1.74. The summed E-state index contributed by atoms with van der Waals surface area (Å²) >= 11 is 0. The number of nitrogens with zero attached hydrogens (tertiary/aromatic N) is 1. The molecule has 88 valence electrons. The van der Waals surface area contributed by atoms with E-state index < -0.39 is 30.0 Å². The van der Waals surface area contributed by atoms with E-state index in [9.17, 15) is 18.0 Å². The number of methoxy groups -OCH3 is 1. The first-order valence-corrected chi connectivity index (χ1v) is 4.17. The highest BCUT2D eigenvalue weighted by molar-refractivity contribution is 5.69. The van der Waals surface area contributed by atoms with Gasteiger partial charge in [-0.1, -0.05) is 0 Å². The number of hydrogen-bond acceptors (Lipinski definition) is 3. The van der Waals surface area contributed by atoms with Crippen LogP contribution in [0.25, 0.3) is 0 Å². The predicted octanol–water partition coefficient (Wildman–Crippen LogP) is 1.74. The van der Waals surface area contributed by atoms with Gasteiger partial charge in [0.2, 0.25) is 0 Å². The van der Waals surface area contributed by atoms with Gasteiger partial charge in [-0.2, -0.15) is 13.2 Å². The second kappa shape index (κ2) is 4.38. The van der Waals surface area contributed by atoms with E-state index in [4.69, 9.17) is 5.11 Å². The molecule has 4 nitrogen and oxygen atoms in total. The molecule has 0 atom stereocenters. The maximum absolute atomic E-state index is 12.5. The number of pyridine rings is 1. The molecule has 0 spiro atoms. The van der Waals surface area contributed by atoms with Gasteiger partial charge in [0, 0.05) is 0 Å². The van der Waals surface area contributed by atoms with Gasteiger partial charge < -0.3 is 9.84 Å². The van der Waals surface area contributed by atoms with Crippen molar-refractivity contribution < 1.29 is 27.8 Å². The Labute approximate surface area is 88.7 Å². The summed E-state index contributed by atoms with van der Waals surface area (Å²) in [5.41, 5.74) is -1.38. The first-order valence-electron chi connectivity index (χ1n) is 4.17. The molecule has 0 aliphatic heterocycles. The Morgan fingerprint density at radius 1 is 1.50 bits per heavy atom. The lowest BCUT2D eigenvalue weighted by Crippen LogP contribution is -2.13. The number of carbonyl (C=O) groups is 1. The van der Waals surface area contributed by atoms with E-state index in [-0.39, 0.29) is 5.69 Å². The molecule has 0 unspecified atom stereocenters. The van der Waals surface area contributed by atoms with Crippen molar-refractivity contribution in [3.8, 4) is 5.75 Å². The van der Waals surface area contributed by atoms with Crippen LogP contribution in [0.15, 0.2) is 12.1 Å². The number of ether oxygens (including phenoxy) is 1. The molecule has 1 rings (SSSR count). The van der Waals surface area contributed by atoms with Crippen molar-refractivity contribution in [2.24, 2.45) is 0 Å². The molecular weight excluding hydrogens is 227 g/mol. The minimum atomic E-state index is -4.67. The fourth-order valence-corrected chi connectivity index (χ4v) is 1.11. The van der Waals surface area contributed by atoms with E-state index in [1.165, 1.54) is 6.07 Å². The first kappa shape index (κ1) is 12.3.